The van der Waals surface area contributed by atoms with Crippen LogP contribution >= 0.6 is 0 Å². The van der Waals surface area contributed by atoms with Crippen molar-refractivity contribution in [3.63, 3.8) is 0 Å². The molecule has 0 saturated carbocycles. The zero-order chi connectivity index (χ0) is 13.1. The number of nitrogen functional groups attached to an aromatic ring is 1. The van der Waals surface area contributed by atoms with Crippen molar-refractivity contribution in [2.24, 2.45) is 0 Å². The lowest BCUT2D eigenvalue weighted by molar-refractivity contribution is 0.189. The second kappa shape index (κ2) is 5.34. The van der Waals surface area contributed by atoms with E-state index < -0.39 is 0 Å². The van der Waals surface area contributed by atoms with E-state index in [4.69, 9.17) is 10.5 Å². The van der Waals surface area contributed by atoms with Crippen molar-refractivity contribution in [1.82, 2.24) is 19.9 Å². The van der Waals surface area contributed by atoms with E-state index in [0.29, 0.717) is 18.0 Å². The van der Waals surface area contributed by atoms with Crippen molar-refractivity contribution in [3.05, 3.63) is 0 Å². The summed E-state index contributed by atoms with van der Waals surface area (Å²) >= 11 is 0. The summed E-state index contributed by atoms with van der Waals surface area (Å²) in [6.45, 7) is 3.28. The number of rotatable bonds is 3. The molecule has 3 N–H and O–H groups in total. The van der Waals surface area contributed by atoms with E-state index in [1.807, 2.05) is 0 Å². The van der Waals surface area contributed by atoms with Gasteiger partial charge in [0.05, 0.1) is 7.11 Å². The molecule has 2 atom stereocenters. The number of methoxy groups -OCH3 is 1. The molecule has 1 aliphatic rings. The third-order valence-electron chi connectivity index (χ3n) is 3.36. The van der Waals surface area contributed by atoms with Crippen molar-refractivity contribution < 1.29 is 4.74 Å². The van der Waals surface area contributed by atoms with Crippen LogP contribution in [0.1, 0.15) is 19.8 Å². The Morgan fingerprint density at radius 1 is 1.39 bits per heavy atom. The number of hydrogen-bond donors (Lipinski definition) is 2. The topological polar surface area (TPSA) is 89.2 Å². The SMILES string of the molecule is COc1nc(N)nc(NC2CCN(C)C(C)C2)n1. The molecule has 7 nitrogen and oxygen atoms in total. The molecule has 0 spiro atoms. The summed E-state index contributed by atoms with van der Waals surface area (Å²) in [5, 5.41) is 3.30. The molecular formula is C11H20N6O. The maximum Gasteiger partial charge on any atom is 0.322 e. The highest BCUT2D eigenvalue weighted by Gasteiger charge is 2.23. The zero-order valence-corrected chi connectivity index (χ0v) is 11.1. The first-order valence-electron chi connectivity index (χ1n) is 6.11. The summed E-state index contributed by atoms with van der Waals surface area (Å²) in [6.07, 6.45) is 2.12. The highest BCUT2D eigenvalue weighted by Crippen LogP contribution is 2.19. The van der Waals surface area contributed by atoms with Gasteiger partial charge in [0, 0.05) is 18.6 Å². The average Bonchev–Trinajstić information content (AvgIpc) is 2.33. The van der Waals surface area contributed by atoms with E-state index in [1.54, 1.807) is 0 Å². The fourth-order valence-corrected chi connectivity index (χ4v) is 2.13. The molecule has 100 valence electrons. The lowest BCUT2D eigenvalue weighted by atomic mass is 9.99. The fourth-order valence-electron chi connectivity index (χ4n) is 2.13. The molecule has 1 fully saturated rings. The van der Waals surface area contributed by atoms with Gasteiger partial charge in [-0.15, -0.1) is 0 Å². The molecule has 0 radical (unpaired) electrons. The van der Waals surface area contributed by atoms with Crippen LogP contribution in [0.15, 0.2) is 0 Å². The summed E-state index contributed by atoms with van der Waals surface area (Å²) in [5.41, 5.74) is 5.60. The molecule has 1 aromatic rings. The van der Waals surface area contributed by atoms with E-state index in [2.05, 4.69) is 39.1 Å². The van der Waals surface area contributed by atoms with Crippen LogP contribution in [0.5, 0.6) is 6.01 Å². The van der Waals surface area contributed by atoms with Gasteiger partial charge in [-0.1, -0.05) is 0 Å². The molecule has 0 aromatic carbocycles. The molecule has 2 heterocycles. The Hall–Kier alpha value is -1.63. The molecule has 1 aliphatic heterocycles. The molecule has 2 rings (SSSR count). The maximum atomic E-state index is 5.60. The minimum Gasteiger partial charge on any atom is -0.467 e. The highest BCUT2D eigenvalue weighted by atomic mass is 16.5. The molecule has 18 heavy (non-hydrogen) atoms. The maximum absolute atomic E-state index is 5.60. The van der Waals surface area contributed by atoms with Crippen LogP contribution in [-0.2, 0) is 0 Å². The van der Waals surface area contributed by atoms with Crippen LogP contribution in [0, 0.1) is 0 Å². The summed E-state index contributed by atoms with van der Waals surface area (Å²) in [6, 6.07) is 1.16. The molecule has 1 aromatic heterocycles. The Labute approximate surface area is 107 Å². The van der Waals surface area contributed by atoms with E-state index >= 15 is 0 Å². The average molecular weight is 252 g/mol. The van der Waals surface area contributed by atoms with Crippen molar-refractivity contribution in [2.45, 2.75) is 31.8 Å². The monoisotopic (exact) mass is 252 g/mol. The second-order valence-corrected chi connectivity index (χ2v) is 4.70. The lowest BCUT2D eigenvalue weighted by Crippen LogP contribution is -2.42. The quantitative estimate of drug-likeness (QED) is 0.802. The van der Waals surface area contributed by atoms with Crippen molar-refractivity contribution in [1.29, 1.82) is 0 Å². The fraction of sp³-hybridized carbons (Fsp3) is 0.727. The largest absolute Gasteiger partial charge is 0.467 e. The van der Waals surface area contributed by atoms with Gasteiger partial charge in [0.1, 0.15) is 0 Å². The lowest BCUT2D eigenvalue weighted by Gasteiger charge is -2.35. The van der Waals surface area contributed by atoms with E-state index in [1.165, 1.54) is 7.11 Å². The molecule has 2 unspecified atom stereocenters. The van der Waals surface area contributed by atoms with Gasteiger partial charge in [-0.05, 0) is 26.8 Å². The van der Waals surface area contributed by atoms with E-state index in [0.717, 1.165) is 19.4 Å². The van der Waals surface area contributed by atoms with Crippen LogP contribution in [-0.4, -0.2) is 52.6 Å². The Bertz CT molecular complexity index is 413. The van der Waals surface area contributed by atoms with Crippen LogP contribution in [0.3, 0.4) is 0 Å². The third-order valence-corrected chi connectivity index (χ3v) is 3.36. The number of aromatic nitrogens is 3. The summed E-state index contributed by atoms with van der Waals surface area (Å²) in [5.74, 6) is 0.659. The number of nitrogens with two attached hydrogens (primary N) is 1. The van der Waals surface area contributed by atoms with Crippen LogP contribution in [0.4, 0.5) is 11.9 Å². The van der Waals surface area contributed by atoms with E-state index in [9.17, 15) is 0 Å². The van der Waals surface area contributed by atoms with Gasteiger partial charge in [0.2, 0.25) is 11.9 Å². The predicted molar refractivity (Wildman–Crippen MR) is 69.5 cm³/mol. The number of likely N-dealkylation sites (tertiary alicyclic amines) is 1. The number of ether oxygens (including phenoxy) is 1. The molecule has 0 amide bonds. The smallest absolute Gasteiger partial charge is 0.322 e. The van der Waals surface area contributed by atoms with Crippen molar-refractivity contribution >= 4 is 11.9 Å². The highest BCUT2D eigenvalue weighted by molar-refractivity contribution is 5.33. The molecule has 1 saturated heterocycles. The molecule has 0 aliphatic carbocycles. The van der Waals surface area contributed by atoms with Gasteiger partial charge in [-0.2, -0.15) is 15.0 Å². The van der Waals surface area contributed by atoms with Gasteiger partial charge >= 0.3 is 6.01 Å². The summed E-state index contributed by atoms with van der Waals surface area (Å²) in [4.78, 5) is 14.4. The number of nitrogens with one attached hydrogen (secondary N) is 1. The Balaban J connectivity index is 2.03. The van der Waals surface area contributed by atoms with Gasteiger partial charge < -0.3 is 20.7 Å². The second-order valence-electron chi connectivity index (χ2n) is 4.70. The van der Waals surface area contributed by atoms with Crippen molar-refractivity contribution in [2.75, 3.05) is 31.8 Å². The normalized spacial score (nSPS) is 24.8. The van der Waals surface area contributed by atoms with E-state index in [-0.39, 0.29) is 12.0 Å². The summed E-state index contributed by atoms with van der Waals surface area (Å²) < 4.78 is 4.97. The first kappa shape index (κ1) is 12.8. The minimum absolute atomic E-state index is 0.172. The van der Waals surface area contributed by atoms with Gasteiger partial charge in [0.25, 0.3) is 0 Å². The Kier molecular flexibility index (Phi) is 3.81. The van der Waals surface area contributed by atoms with Gasteiger partial charge in [-0.3, -0.25) is 0 Å². The Morgan fingerprint density at radius 2 is 2.17 bits per heavy atom. The van der Waals surface area contributed by atoms with Gasteiger partial charge in [0.15, 0.2) is 0 Å². The minimum atomic E-state index is 0.172. The molecular weight excluding hydrogens is 232 g/mol. The first-order valence-corrected chi connectivity index (χ1v) is 6.11. The molecule has 7 heteroatoms. The third kappa shape index (κ3) is 2.98. The number of nitrogens with zero attached hydrogens (tertiary/aromatic N) is 4. The first-order chi connectivity index (χ1) is 8.58. The van der Waals surface area contributed by atoms with Crippen LogP contribution < -0.4 is 15.8 Å². The summed E-state index contributed by atoms with van der Waals surface area (Å²) in [7, 11) is 3.65. The van der Waals surface area contributed by atoms with Gasteiger partial charge in [-0.25, -0.2) is 0 Å². The standard InChI is InChI=1S/C11H20N6O/c1-7-6-8(4-5-17(7)2)13-10-14-9(12)15-11(16-10)18-3/h7-8H,4-6H2,1-3H3,(H3,12,13,14,15,16). The number of piperidine rings is 1. The molecule has 0 bridgehead atoms. The van der Waals surface area contributed by atoms with Crippen molar-refractivity contribution in [3.8, 4) is 6.01 Å². The zero-order valence-electron chi connectivity index (χ0n) is 11.1. The number of hydrogen-bond acceptors (Lipinski definition) is 7. The number of anilines is 2. The Morgan fingerprint density at radius 3 is 2.83 bits per heavy atom. The van der Waals surface area contributed by atoms with Crippen LogP contribution in [0.25, 0.3) is 0 Å². The predicted octanol–water partition coefficient (Wildman–Crippen LogP) is 0.357. The van der Waals surface area contributed by atoms with Crippen LogP contribution in [0.2, 0.25) is 0 Å².